The minimum atomic E-state index is 0.279. The van der Waals surface area contributed by atoms with Crippen molar-refractivity contribution >= 4 is 0 Å². The molecule has 0 aromatic rings. The van der Waals surface area contributed by atoms with Gasteiger partial charge in [0.05, 0.1) is 6.61 Å². The number of aliphatic hydroxyl groups is 1. The Hall–Kier alpha value is -0.120. The van der Waals surface area contributed by atoms with E-state index < -0.39 is 0 Å². The molecule has 0 bridgehead atoms. The Morgan fingerprint density at radius 1 is 1.50 bits per heavy atom. The van der Waals surface area contributed by atoms with Crippen molar-refractivity contribution in [1.29, 1.82) is 0 Å². The first-order valence-corrected chi connectivity index (χ1v) is 5.67. The minimum absolute atomic E-state index is 0.279. The predicted molar refractivity (Wildman–Crippen MR) is 59.4 cm³/mol. The van der Waals surface area contributed by atoms with E-state index in [0.717, 1.165) is 19.0 Å². The van der Waals surface area contributed by atoms with Gasteiger partial charge in [0.15, 0.2) is 0 Å². The van der Waals surface area contributed by atoms with Gasteiger partial charge < -0.3 is 10.0 Å². The van der Waals surface area contributed by atoms with Crippen molar-refractivity contribution in [1.82, 2.24) is 9.80 Å². The minimum Gasteiger partial charge on any atom is -0.395 e. The van der Waals surface area contributed by atoms with Crippen LogP contribution >= 0.6 is 0 Å². The molecule has 0 aromatic heterocycles. The zero-order valence-electron chi connectivity index (χ0n) is 9.74. The first kappa shape index (κ1) is 12.0. The molecule has 0 radical (unpaired) electrons. The summed E-state index contributed by atoms with van der Waals surface area (Å²) >= 11 is 0. The van der Waals surface area contributed by atoms with E-state index in [1.807, 2.05) is 0 Å². The van der Waals surface area contributed by atoms with Crippen molar-refractivity contribution in [2.75, 3.05) is 39.8 Å². The molecule has 1 atom stereocenters. The Morgan fingerprint density at radius 2 is 2.21 bits per heavy atom. The van der Waals surface area contributed by atoms with E-state index >= 15 is 0 Å². The molecule has 0 saturated carbocycles. The first-order chi connectivity index (χ1) is 6.63. The summed E-state index contributed by atoms with van der Waals surface area (Å²) in [5.41, 5.74) is 0. The van der Waals surface area contributed by atoms with Crippen LogP contribution in [0.5, 0.6) is 0 Å². The van der Waals surface area contributed by atoms with E-state index in [0.29, 0.717) is 6.04 Å². The van der Waals surface area contributed by atoms with Gasteiger partial charge in [0, 0.05) is 25.7 Å². The molecule has 0 unspecified atom stereocenters. The van der Waals surface area contributed by atoms with Crippen LogP contribution < -0.4 is 0 Å². The van der Waals surface area contributed by atoms with Gasteiger partial charge in [-0.2, -0.15) is 0 Å². The smallest absolute Gasteiger partial charge is 0.0558 e. The van der Waals surface area contributed by atoms with Gasteiger partial charge in [0.25, 0.3) is 0 Å². The van der Waals surface area contributed by atoms with Gasteiger partial charge in [-0.05, 0) is 39.8 Å². The van der Waals surface area contributed by atoms with E-state index in [9.17, 15) is 0 Å². The van der Waals surface area contributed by atoms with Gasteiger partial charge in [-0.15, -0.1) is 0 Å². The quantitative estimate of drug-likeness (QED) is 0.705. The van der Waals surface area contributed by atoms with Crippen LogP contribution in [0.1, 0.15) is 20.3 Å². The average molecular weight is 200 g/mol. The fraction of sp³-hybridized carbons (Fsp3) is 1.00. The number of rotatable bonds is 5. The maximum atomic E-state index is 8.96. The SMILES string of the molecule is CC(C)N(CCO)C[C@H]1CCN(C)C1. The Bertz CT molecular complexity index is 161. The zero-order chi connectivity index (χ0) is 10.6. The summed E-state index contributed by atoms with van der Waals surface area (Å²) in [6.45, 7) is 9.09. The van der Waals surface area contributed by atoms with Crippen molar-refractivity contribution in [2.45, 2.75) is 26.3 Å². The van der Waals surface area contributed by atoms with Crippen LogP contribution in [0.15, 0.2) is 0 Å². The Labute approximate surface area is 87.7 Å². The highest BCUT2D eigenvalue weighted by molar-refractivity contribution is 4.77. The van der Waals surface area contributed by atoms with Crippen LogP contribution in [0.2, 0.25) is 0 Å². The number of aliphatic hydroxyl groups excluding tert-OH is 1. The lowest BCUT2D eigenvalue weighted by Crippen LogP contribution is -2.38. The first-order valence-electron chi connectivity index (χ1n) is 5.67. The van der Waals surface area contributed by atoms with Crippen molar-refractivity contribution in [3.63, 3.8) is 0 Å². The molecule has 0 amide bonds. The number of likely N-dealkylation sites (tertiary alicyclic amines) is 1. The highest BCUT2D eigenvalue weighted by atomic mass is 16.3. The fourth-order valence-electron chi connectivity index (χ4n) is 2.20. The number of hydrogen-bond acceptors (Lipinski definition) is 3. The molecule has 1 rings (SSSR count). The van der Waals surface area contributed by atoms with Gasteiger partial charge in [-0.3, -0.25) is 4.90 Å². The molecule has 1 heterocycles. The summed E-state index contributed by atoms with van der Waals surface area (Å²) < 4.78 is 0. The molecule has 1 N–H and O–H groups in total. The average Bonchev–Trinajstić information content (AvgIpc) is 2.50. The Morgan fingerprint density at radius 3 is 2.64 bits per heavy atom. The van der Waals surface area contributed by atoms with Crippen LogP contribution in [0.25, 0.3) is 0 Å². The van der Waals surface area contributed by atoms with Gasteiger partial charge >= 0.3 is 0 Å². The standard InChI is InChI=1S/C11H24N2O/c1-10(2)13(6-7-14)9-11-4-5-12(3)8-11/h10-11,14H,4-9H2,1-3H3/t11-/m0/s1. The summed E-state index contributed by atoms with van der Waals surface area (Å²) in [6.07, 6.45) is 1.31. The van der Waals surface area contributed by atoms with Gasteiger partial charge in [0.2, 0.25) is 0 Å². The predicted octanol–water partition coefficient (Wildman–Crippen LogP) is 0.641. The Kier molecular flexibility index (Phi) is 4.85. The van der Waals surface area contributed by atoms with Crippen molar-refractivity contribution < 1.29 is 5.11 Å². The summed E-state index contributed by atoms with van der Waals surface area (Å²) in [4.78, 5) is 4.77. The zero-order valence-corrected chi connectivity index (χ0v) is 9.74. The van der Waals surface area contributed by atoms with E-state index in [1.165, 1.54) is 19.5 Å². The maximum Gasteiger partial charge on any atom is 0.0558 e. The van der Waals surface area contributed by atoms with E-state index in [1.54, 1.807) is 0 Å². The highest BCUT2D eigenvalue weighted by Gasteiger charge is 2.22. The highest BCUT2D eigenvalue weighted by Crippen LogP contribution is 2.16. The van der Waals surface area contributed by atoms with Crippen LogP contribution in [0.4, 0.5) is 0 Å². The maximum absolute atomic E-state index is 8.96. The van der Waals surface area contributed by atoms with Crippen LogP contribution in [0, 0.1) is 5.92 Å². The number of hydrogen-bond donors (Lipinski definition) is 1. The van der Waals surface area contributed by atoms with Crippen molar-refractivity contribution in [3.8, 4) is 0 Å². The third kappa shape index (κ3) is 3.56. The van der Waals surface area contributed by atoms with E-state index in [4.69, 9.17) is 5.11 Å². The fourth-order valence-corrected chi connectivity index (χ4v) is 2.20. The number of nitrogens with zero attached hydrogens (tertiary/aromatic N) is 2. The molecule has 3 heteroatoms. The lowest BCUT2D eigenvalue weighted by Gasteiger charge is -2.28. The molecule has 3 nitrogen and oxygen atoms in total. The molecule has 1 aliphatic rings. The van der Waals surface area contributed by atoms with Gasteiger partial charge in [-0.25, -0.2) is 0 Å². The third-order valence-corrected chi connectivity index (χ3v) is 3.10. The summed E-state index contributed by atoms with van der Waals surface area (Å²) in [5, 5.41) is 8.96. The third-order valence-electron chi connectivity index (χ3n) is 3.10. The molecule has 1 aliphatic heterocycles. The molecule has 1 fully saturated rings. The van der Waals surface area contributed by atoms with E-state index in [-0.39, 0.29) is 6.61 Å². The lowest BCUT2D eigenvalue weighted by atomic mass is 10.1. The molecule has 84 valence electrons. The van der Waals surface area contributed by atoms with Crippen LogP contribution in [0.3, 0.4) is 0 Å². The van der Waals surface area contributed by atoms with Gasteiger partial charge in [-0.1, -0.05) is 0 Å². The monoisotopic (exact) mass is 200 g/mol. The van der Waals surface area contributed by atoms with Crippen LogP contribution in [-0.4, -0.2) is 60.8 Å². The van der Waals surface area contributed by atoms with Gasteiger partial charge in [0.1, 0.15) is 0 Å². The largest absolute Gasteiger partial charge is 0.395 e. The van der Waals surface area contributed by atoms with Crippen molar-refractivity contribution in [2.24, 2.45) is 5.92 Å². The molecule has 1 saturated heterocycles. The van der Waals surface area contributed by atoms with Crippen molar-refractivity contribution in [3.05, 3.63) is 0 Å². The second kappa shape index (κ2) is 5.69. The second-order valence-electron chi connectivity index (χ2n) is 4.73. The van der Waals surface area contributed by atoms with E-state index in [2.05, 4.69) is 30.7 Å². The molecular formula is C11H24N2O. The summed E-state index contributed by atoms with van der Waals surface area (Å²) in [6, 6.07) is 0.549. The Balaban J connectivity index is 2.31. The normalized spacial score (nSPS) is 24.0. The second-order valence-corrected chi connectivity index (χ2v) is 4.73. The lowest BCUT2D eigenvalue weighted by molar-refractivity contribution is 0.146. The molecule has 0 spiro atoms. The van der Waals surface area contributed by atoms with Crippen LogP contribution in [-0.2, 0) is 0 Å². The summed E-state index contributed by atoms with van der Waals surface area (Å²) in [5.74, 6) is 0.800. The summed E-state index contributed by atoms with van der Waals surface area (Å²) in [7, 11) is 2.19. The molecule has 0 aliphatic carbocycles. The molecule has 0 aromatic carbocycles. The molecule has 14 heavy (non-hydrogen) atoms. The topological polar surface area (TPSA) is 26.7 Å². The molecular weight excluding hydrogens is 176 g/mol.